The summed E-state index contributed by atoms with van der Waals surface area (Å²) in [5, 5.41) is 22.1. The van der Waals surface area contributed by atoms with Gasteiger partial charge in [0.1, 0.15) is 6.07 Å². The van der Waals surface area contributed by atoms with Crippen LogP contribution in [0, 0.1) is 18.3 Å². The number of benzene rings is 1. The summed E-state index contributed by atoms with van der Waals surface area (Å²) in [6.07, 6.45) is -0.510. The second-order valence-electron chi connectivity index (χ2n) is 4.07. The van der Waals surface area contributed by atoms with Crippen LogP contribution in [-0.2, 0) is 4.74 Å². The SMILES string of the molecule is Cc1c(NC2COCC2O)ccc(C#N)c1Cl. The molecule has 1 saturated heterocycles. The van der Waals surface area contributed by atoms with E-state index in [9.17, 15) is 5.11 Å². The molecule has 1 aliphatic heterocycles. The maximum Gasteiger partial charge on any atom is 0.101 e. The Morgan fingerprint density at radius 1 is 1.53 bits per heavy atom. The van der Waals surface area contributed by atoms with Gasteiger partial charge in [-0.05, 0) is 24.6 Å². The van der Waals surface area contributed by atoms with Crippen LogP contribution in [0.1, 0.15) is 11.1 Å². The lowest BCUT2D eigenvalue weighted by atomic mass is 10.1. The smallest absolute Gasteiger partial charge is 0.101 e. The van der Waals surface area contributed by atoms with E-state index in [1.165, 1.54) is 0 Å². The zero-order valence-corrected chi connectivity index (χ0v) is 10.2. The van der Waals surface area contributed by atoms with E-state index in [0.717, 1.165) is 11.3 Å². The van der Waals surface area contributed by atoms with Crippen molar-refractivity contribution in [1.82, 2.24) is 0 Å². The number of anilines is 1. The third kappa shape index (κ3) is 2.37. The lowest BCUT2D eigenvalue weighted by Gasteiger charge is -2.18. The first-order valence-corrected chi connectivity index (χ1v) is 5.73. The minimum absolute atomic E-state index is 0.127. The Hall–Kier alpha value is -1.28. The van der Waals surface area contributed by atoms with Crippen LogP contribution in [0.25, 0.3) is 0 Å². The van der Waals surface area contributed by atoms with E-state index < -0.39 is 6.10 Å². The molecule has 5 heteroatoms. The summed E-state index contributed by atoms with van der Waals surface area (Å²) in [5.74, 6) is 0. The molecule has 17 heavy (non-hydrogen) atoms. The average Bonchev–Trinajstić information content (AvgIpc) is 2.71. The Bertz CT molecular complexity index is 470. The van der Waals surface area contributed by atoms with Crippen LogP contribution in [-0.4, -0.2) is 30.5 Å². The van der Waals surface area contributed by atoms with E-state index >= 15 is 0 Å². The molecule has 1 aromatic rings. The minimum Gasteiger partial charge on any atom is -0.388 e. The van der Waals surface area contributed by atoms with Gasteiger partial charge in [-0.3, -0.25) is 0 Å². The number of nitrogens with one attached hydrogen (secondary N) is 1. The van der Waals surface area contributed by atoms with Crippen molar-refractivity contribution < 1.29 is 9.84 Å². The van der Waals surface area contributed by atoms with Crippen LogP contribution in [0.4, 0.5) is 5.69 Å². The molecule has 90 valence electrons. The van der Waals surface area contributed by atoms with E-state index in [4.69, 9.17) is 21.6 Å². The molecule has 2 N–H and O–H groups in total. The molecule has 1 fully saturated rings. The van der Waals surface area contributed by atoms with Gasteiger partial charge in [-0.15, -0.1) is 0 Å². The predicted molar refractivity (Wildman–Crippen MR) is 65.1 cm³/mol. The molecular weight excluding hydrogens is 240 g/mol. The summed E-state index contributed by atoms with van der Waals surface area (Å²) in [5.41, 5.74) is 2.09. The molecule has 1 heterocycles. The highest BCUT2D eigenvalue weighted by atomic mass is 35.5. The molecule has 4 nitrogen and oxygen atoms in total. The number of nitrogens with zero attached hydrogens (tertiary/aromatic N) is 1. The van der Waals surface area contributed by atoms with Crippen LogP contribution in [0.2, 0.25) is 5.02 Å². The number of aliphatic hydroxyl groups excluding tert-OH is 1. The summed E-state index contributed by atoms with van der Waals surface area (Å²) >= 11 is 6.06. The maximum atomic E-state index is 9.64. The fraction of sp³-hybridized carbons (Fsp3) is 0.417. The first-order chi connectivity index (χ1) is 8.13. The molecular formula is C12H13ClN2O2. The highest BCUT2D eigenvalue weighted by Crippen LogP contribution is 2.28. The van der Waals surface area contributed by atoms with Crippen LogP contribution in [0.5, 0.6) is 0 Å². The van der Waals surface area contributed by atoms with Gasteiger partial charge in [0.2, 0.25) is 0 Å². The number of nitriles is 1. The molecule has 0 saturated carbocycles. The summed E-state index contributed by atoms with van der Waals surface area (Å²) in [4.78, 5) is 0. The van der Waals surface area contributed by atoms with Gasteiger partial charge in [0.25, 0.3) is 0 Å². The molecule has 2 unspecified atom stereocenters. The fourth-order valence-electron chi connectivity index (χ4n) is 1.81. The van der Waals surface area contributed by atoms with Crippen molar-refractivity contribution >= 4 is 17.3 Å². The van der Waals surface area contributed by atoms with Crippen LogP contribution < -0.4 is 5.32 Å². The van der Waals surface area contributed by atoms with Crippen molar-refractivity contribution in [2.24, 2.45) is 0 Å². The van der Waals surface area contributed by atoms with Crippen LogP contribution in [0.3, 0.4) is 0 Å². The van der Waals surface area contributed by atoms with Crippen molar-refractivity contribution in [3.05, 3.63) is 28.3 Å². The molecule has 0 spiro atoms. The standard InChI is InChI=1S/C12H13ClN2O2/c1-7-9(3-2-8(4-14)12(7)13)15-10-5-17-6-11(10)16/h2-3,10-11,15-16H,5-6H2,1H3. The van der Waals surface area contributed by atoms with E-state index in [1.54, 1.807) is 12.1 Å². The van der Waals surface area contributed by atoms with Gasteiger partial charge in [0.05, 0.1) is 35.9 Å². The zero-order chi connectivity index (χ0) is 12.4. The lowest BCUT2D eigenvalue weighted by molar-refractivity contribution is 0.125. The molecule has 0 amide bonds. The fourth-order valence-corrected chi connectivity index (χ4v) is 2.02. The second-order valence-corrected chi connectivity index (χ2v) is 4.45. The summed E-state index contributed by atoms with van der Waals surface area (Å²) in [7, 11) is 0. The van der Waals surface area contributed by atoms with Crippen molar-refractivity contribution in [3.8, 4) is 6.07 Å². The van der Waals surface area contributed by atoms with E-state index in [2.05, 4.69) is 5.32 Å². The topological polar surface area (TPSA) is 65.3 Å². The predicted octanol–water partition coefficient (Wildman–Crippen LogP) is 1.69. The number of halogens is 1. The first-order valence-electron chi connectivity index (χ1n) is 5.35. The number of hydrogen-bond donors (Lipinski definition) is 2. The highest BCUT2D eigenvalue weighted by Gasteiger charge is 2.26. The van der Waals surface area contributed by atoms with Gasteiger partial charge in [0.15, 0.2) is 0 Å². The zero-order valence-electron chi connectivity index (χ0n) is 9.40. The largest absolute Gasteiger partial charge is 0.388 e. The Labute approximate surface area is 105 Å². The highest BCUT2D eigenvalue weighted by molar-refractivity contribution is 6.32. The molecule has 0 aromatic heterocycles. The first kappa shape index (κ1) is 12.2. The van der Waals surface area contributed by atoms with E-state index in [1.807, 2.05) is 13.0 Å². The Balaban J connectivity index is 2.22. The van der Waals surface area contributed by atoms with Gasteiger partial charge in [-0.25, -0.2) is 0 Å². The third-order valence-corrected chi connectivity index (χ3v) is 3.39. The average molecular weight is 253 g/mol. The number of aliphatic hydroxyl groups is 1. The summed E-state index contributed by atoms with van der Waals surface area (Å²) < 4.78 is 5.16. The lowest BCUT2D eigenvalue weighted by Crippen LogP contribution is -2.32. The van der Waals surface area contributed by atoms with Gasteiger partial charge in [-0.1, -0.05) is 11.6 Å². The van der Waals surface area contributed by atoms with Gasteiger partial charge >= 0.3 is 0 Å². The van der Waals surface area contributed by atoms with E-state index in [0.29, 0.717) is 23.8 Å². The van der Waals surface area contributed by atoms with Crippen molar-refractivity contribution in [2.45, 2.75) is 19.1 Å². The van der Waals surface area contributed by atoms with Gasteiger partial charge in [0, 0.05) is 5.69 Å². The molecule has 0 radical (unpaired) electrons. The minimum atomic E-state index is -0.510. The van der Waals surface area contributed by atoms with E-state index in [-0.39, 0.29) is 6.04 Å². The quantitative estimate of drug-likeness (QED) is 0.841. The molecule has 2 rings (SSSR count). The summed E-state index contributed by atoms with van der Waals surface area (Å²) in [6, 6.07) is 5.37. The third-order valence-electron chi connectivity index (χ3n) is 2.90. The number of rotatable bonds is 2. The number of hydrogen-bond acceptors (Lipinski definition) is 4. The normalized spacial score (nSPS) is 23.4. The van der Waals surface area contributed by atoms with Crippen molar-refractivity contribution in [2.75, 3.05) is 18.5 Å². The molecule has 0 bridgehead atoms. The van der Waals surface area contributed by atoms with Crippen LogP contribution in [0.15, 0.2) is 12.1 Å². The van der Waals surface area contributed by atoms with Crippen molar-refractivity contribution in [1.29, 1.82) is 5.26 Å². The maximum absolute atomic E-state index is 9.64. The molecule has 1 aliphatic rings. The molecule has 2 atom stereocenters. The monoisotopic (exact) mass is 252 g/mol. The summed E-state index contributed by atoms with van der Waals surface area (Å²) in [6.45, 7) is 2.66. The Morgan fingerprint density at radius 2 is 2.29 bits per heavy atom. The number of ether oxygens (including phenoxy) is 1. The van der Waals surface area contributed by atoms with Crippen molar-refractivity contribution in [3.63, 3.8) is 0 Å². The van der Waals surface area contributed by atoms with Crippen LogP contribution >= 0.6 is 11.6 Å². The Morgan fingerprint density at radius 3 is 2.88 bits per heavy atom. The Kier molecular flexibility index (Phi) is 3.53. The molecule has 1 aromatic carbocycles. The van der Waals surface area contributed by atoms with Gasteiger partial charge in [-0.2, -0.15) is 5.26 Å². The van der Waals surface area contributed by atoms with Gasteiger partial charge < -0.3 is 15.2 Å². The molecule has 0 aliphatic carbocycles. The second kappa shape index (κ2) is 4.92.